The number of primary amides is 1. The highest BCUT2D eigenvalue weighted by Crippen LogP contribution is 2.40. The number of nitrogens with zero attached hydrogens (tertiary/aromatic N) is 1. The van der Waals surface area contributed by atoms with Gasteiger partial charge in [-0.25, -0.2) is 0 Å². The summed E-state index contributed by atoms with van der Waals surface area (Å²) in [5, 5.41) is 25.8. The average molecular weight is 514 g/mol. The van der Waals surface area contributed by atoms with E-state index < -0.39 is 17.7 Å². The van der Waals surface area contributed by atoms with E-state index in [1.165, 1.54) is 0 Å². The third-order valence-corrected chi connectivity index (χ3v) is 7.64. The molecule has 6 heteroatoms. The maximum Gasteiger partial charge on any atom is 0.252 e. The van der Waals surface area contributed by atoms with Gasteiger partial charge in [-0.2, -0.15) is 0 Å². The zero-order chi connectivity index (χ0) is 27.0. The van der Waals surface area contributed by atoms with Crippen LogP contribution >= 0.6 is 0 Å². The van der Waals surface area contributed by atoms with E-state index in [1.54, 1.807) is 0 Å². The minimum Gasteiger partial charge on any atom is -0.512 e. The van der Waals surface area contributed by atoms with Crippen LogP contribution in [0.25, 0.3) is 5.57 Å². The number of benzene rings is 1. The lowest BCUT2D eigenvalue weighted by atomic mass is 9.78. The fourth-order valence-corrected chi connectivity index (χ4v) is 5.68. The van der Waals surface area contributed by atoms with Gasteiger partial charge in [-0.1, -0.05) is 74.1 Å². The highest BCUT2D eigenvalue weighted by molar-refractivity contribution is 5.93. The average Bonchev–Trinajstić information content (AvgIpc) is 3.16. The van der Waals surface area contributed by atoms with Crippen molar-refractivity contribution in [2.24, 2.45) is 11.7 Å². The largest absolute Gasteiger partial charge is 0.512 e. The normalized spacial score (nSPS) is 25.3. The molecule has 0 spiro atoms. The standard InChI is InChI=1S/C32H39N3O3/c1-2-18-32(19-20-34-22-24-10-5-3-6-11-24)21-28(36)29(30(33)37)31(38)35(32)23-25-12-9-15-27(17-16-25)26-13-7-4-8-14-26/h3-10,13-17,24,31,34,36,38H,2,11,18-23H2,1H3,(H2,33,37). The van der Waals surface area contributed by atoms with E-state index in [0.29, 0.717) is 18.9 Å². The second kappa shape index (κ2) is 12.9. The van der Waals surface area contributed by atoms with Gasteiger partial charge >= 0.3 is 0 Å². The summed E-state index contributed by atoms with van der Waals surface area (Å²) >= 11 is 0. The smallest absolute Gasteiger partial charge is 0.252 e. The molecule has 1 aliphatic heterocycles. The van der Waals surface area contributed by atoms with E-state index >= 15 is 0 Å². The molecule has 38 heavy (non-hydrogen) atoms. The van der Waals surface area contributed by atoms with Crippen LogP contribution in [0.3, 0.4) is 0 Å². The molecule has 200 valence electrons. The fraction of sp³-hybridized carbons (Fsp3) is 0.375. The Morgan fingerprint density at radius 2 is 2.03 bits per heavy atom. The molecule has 5 N–H and O–H groups in total. The zero-order valence-electron chi connectivity index (χ0n) is 22.1. The summed E-state index contributed by atoms with van der Waals surface area (Å²) < 4.78 is 0. The first-order valence-electron chi connectivity index (χ1n) is 13.5. The van der Waals surface area contributed by atoms with Gasteiger partial charge in [0, 0.05) is 30.6 Å². The van der Waals surface area contributed by atoms with Crippen molar-refractivity contribution in [1.29, 1.82) is 0 Å². The van der Waals surface area contributed by atoms with E-state index in [0.717, 1.165) is 49.1 Å². The molecule has 0 fully saturated rings. The summed E-state index contributed by atoms with van der Waals surface area (Å²) in [6.45, 7) is 4.06. The quantitative estimate of drug-likeness (QED) is 0.254. The molecule has 2 aliphatic carbocycles. The van der Waals surface area contributed by atoms with Crippen molar-refractivity contribution >= 4 is 11.5 Å². The van der Waals surface area contributed by atoms with Gasteiger partial charge in [-0.05, 0) is 61.1 Å². The van der Waals surface area contributed by atoms with Crippen molar-refractivity contribution in [3.63, 3.8) is 0 Å². The summed E-state index contributed by atoms with van der Waals surface area (Å²) in [5.41, 5.74) is 11.3. The Kier molecular flexibility index (Phi) is 9.38. The molecule has 3 aliphatic rings. The lowest BCUT2D eigenvalue weighted by Crippen LogP contribution is -2.60. The third kappa shape index (κ3) is 6.53. The first-order valence-corrected chi connectivity index (χ1v) is 13.5. The van der Waals surface area contributed by atoms with E-state index in [2.05, 4.69) is 60.5 Å². The Hall–Kier alpha value is -3.41. The summed E-state index contributed by atoms with van der Waals surface area (Å²) in [7, 11) is 0. The molecular weight excluding hydrogens is 474 g/mol. The Morgan fingerprint density at radius 3 is 2.74 bits per heavy atom. The van der Waals surface area contributed by atoms with E-state index in [1.807, 2.05) is 41.3 Å². The minimum absolute atomic E-state index is 0.107. The van der Waals surface area contributed by atoms with Gasteiger partial charge in [0.05, 0.1) is 5.57 Å². The molecule has 3 unspecified atom stereocenters. The SMILES string of the molecule is CCCC1(CCNCC2C=CC=CC2)CC(O)=C(C(N)=O)C(O)N1CC1=C=CC=C(c2ccccc2)C=C1. The van der Waals surface area contributed by atoms with Crippen molar-refractivity contribution in [2.75, 3.05) is 19.6 Å². The van der Waals surface area contributed by atoms with Crippen LogP contribution in [0.15, 0.2) is 102 Å². The Morgan fingerprint density at radius 1 is 1.21 bits per heavy atom. The molecular formula is C32H39N3O3. The maximum absolute atomic E-state index is 12.2. The van der Waals surface area contributed by atoms with Gasteiger partial charge in [-0.15, -0.1) is 5.73 Å². The minimum atomic E-state index is -1.30. The third-order valence-electron chi connectivity index (χ3n) is 7.64. The highest BCUT2D eigenvalue weighted by atomic mass is 16.3. The van der Waals surface area contributed by atoms with Gasteiger partial charge < -0.3 is 21.3 Å². The predicted octanol–water partition coefficient (Wildman–Crippen LogP) is 4.69. The summed E-state index contributed by atoms with van der Waals surface area (Å²) in [6.07, 6.45) is 18.8. The van der Waals surface area contributed by atoms with E-state index in [-0.39, 0.29) is 17.8 Å². The fourth-order valence-electron chi connectivity index (χ4n) is 5.68. The number of nitrogens with one attached hydrogen (secondary N) is 1. The summed E-state index contributed by atoms with van der Waals surface area (Å²) in [6, 6.07) is 10.1. The van der Waals surface area contributed by atoms with Crippen molar-refractivity contribution in [3.8, 4) is 0 Å². The van der Waals surface area contributed by atoms with Crippen LogP contribution in [0.2, 0.25) is 0 Å². The first kappa shape index (κ1) is 27.6. The van der Waals surface area contributed by atoms with Gasteiger partial charge in [0.1, 0.15) is 12.0 Å². The first-order chi connectivity index (χ1) is 18.4. The van der Waals surface area contributed by atoms with Crippen molar-refractivity contribution < 1.29 is 15.0 Å². The Balaban J connectivity index is 1.56. The second-order valence-electron chi connectivity index (χ2n) is 10.3. The zero-order valence-corrected chi connectivity index (χ0v) is 22.1. The van der Waals surface area contributed by atoms with E-state index in [9.17, 15) is 15.0 Å². The maximum atomic E-state index is 12.2. The molecule has 0 bridgehead atoms. The Bertz CT molecular complexity index is 1220. The number of rotatable bonds is 11. The van der Waals surface area contributed by atoms with Crippen molar-refractivity contribution in [2.45, 2.75) is 50.8 Å². The van der Waals surface area contributed by atoms with Gasteiger partial charge in [0.2, 0.25) is 0 Å². The topological polar surface area (TPSA) is 98.8 Å². The van der Waals surface area contributed by atoms with Crippen LogP contribution in [-0.2, 0) is 4.79 Å². The molecule has 1 amide bonds. The van der Waals surface area contributed by atoms with Crippen LogP contribution < -0.4 is 11.1 Å². The molecule has 1 heterocycles. The van der Waals surface area contributed by atoms with Gasteiger partial charge in [0.15, 0.2) is 0 Å². The van der Waals surface area contributed by atoms with Crippen LogP contribution in [0.1, 0.15) is 44.6 Å². The van der Waals surface area contributed by atoms with Crippen LogP contribution in [0.5, 0.6) is 0 Å². The van der Waals surface area contributed by atoms with Crippen LogP contribution in [0.4, 0.5) is 0 Å². The molecule has 0 aromatic heterocycles. The number of aliphatic hydroxyl groups is 2. The van der Waals surface area contributed by atoms with Gasteiger partial charge in [-0.3, -0.25) is 9.69 Å². The molecule has 6 nitrogen and oxygen atoms in total. The number of hydrogen-bond donors (Lipinski definition) is 4. The number of amides is 1. The lowest BCUT2D eigenvalue weighted by Gasteiger charge is -2.50. The number of nitrogens with two attached hydrogens (primary N) is 1. The summed E-state index contributed by atoms with van der Waals surface area (Å²) in [4.78, 5) is 14.2. The summed E-state index contributed by atoms with van der Waals surface area (Å²) in [5.74, 6) is -0.444. The number of aliphatic hydroxyl groups excluding tert-OH is 2. The molecule has 0 saturated carbocycles. The second-order valence-corrected chi connectivity index (χ2v) is 10.3. The van der Waals surface area contributed by atoms with Crippen molar-refractivity contribution in [3.05, 3.63) is 107 Å². The molecule has 1 aromatic carbocycles. The highest BCUT2D eigenvalue weighted by Gasteiger charge is 2.47. The predicted molar refractivity (Wildman–Crippen MR) is 153 cm³/mol. The molecule has 0 radical (unpaired) electrons. The number of hydrogen-bond acceptors (Lipinski definition) is 5. The molecule has 4 rings (SSSR count). The van der Waals surface area contributed by atoms with Crippen LogP contribution in [-0.4, -0.2) is 52.4 Å². The number of carbonyl (C=O) groups is 1. The molecule has 0 saturated heterocycles. The Labute approximate surface area is 225 Å². The van der Waals surface area contributed by atoms with Crippen molar-refractivity contribution in [1.82, 2.24) is 10.2 Å². The monoisotopic (exact) mass is 513 g/mol. The molecule has 1 aromatic rings. The van der Waals surface area contributed by atoms with Crippen LogP contribution in [0, 0.1) is 5.92 Å². The lowest BCUT2D eigenvalue weighted by molar-refractivity contribution is -0.121. The van der Waals surface area contributed by atoms with Gasteiger partial charge in [0.25, 0.3) is 5.91 Å². The van der Waals surface area contributed by atoms with E-state index in [4.69, 9.17) is 5.73 Å². The number of carbonyl (C=O) groups excluding carboxylic acids is 1. The molecule has 3 atom stereocenters. The number of allylic oxidation sites excluding steroid dienone is 6.